The summed E-state index contributed by atoms with van der Waals surface area (Å²) in [6.07, 6.45) is 1.85. The first-order valence-electron chi connectivity index (χ1n) is 10.1. The molecule has 156 valence electrons. The zero-order valence-electron chi connectivity index (χ0n) is 17.2. The molecule has 0 aliphatic carbocycles. The molecule has 0 saturated carbocycles. The van der Waals surface area contributed by atoms with Gasteiger partial charge in [-0.2, -0.15) is 0 Å². The zero-order chi connectivity index (χ0) is 21.1. The van der Waals surface area contributed by atoms with Crippen LogP contribution in [0.3, 0.4) is 0 Å². The van der Waals surface area contributed by atoms with Gasteiger partial charge in [-0.3, -0.25) is 9.69 Å². The fourth-order valence-electron chi connectivity index (χ4n) is 3.85. The Bertz CT molecular complexity index is 1050. The molecule has 3 N–H and O–H groups in total. The van der Waals surface area contributed by atoms with E-state index >= 15 is 0 Å². The first-order chi connectivity index (χ1) is 14.5. The number of hydrogen-bond acceptors (Lipinski definition) is 6. The van der Waals surface area contributed by atoms with Crippen molar-refractivity contribution in [3.05, 3.63) is 54.7 Å². The Morgan fingerprint density at radius 2 is 1.90 bits per heavy atom. The number of ether oxygens (including phenoxy) is 2. The largest absolute Gasteiger partial charge is 0.457 e. The van der Waals surface area contributed by atoms with Crippen molar-refractivity contribution in [3.63, 3.8) is 0 Å². The van der Waals surface area contributed by atoms with Gasteiger partial charge in [-0.1, -0.05) is 24.3 Å². The number of nitrogens with zero attached hydrogens (tertiary/aromatic N) is 2. The Morgan fingerprint density at radius 1 is 1.17 bits per heavy atom. The van der Waals surface area contributed by atoms with Crippen molar-refractivity contribution in [2.75, 3.05) is 30.7 Å². The Labute approximate surface area is 175 Å². The molecule has 1 aliphatic heterocycles. The summed E-state index contributed by atoms with van der Waals surface area (Å²) < 4.78 is 11.8. The number of carbonyl (C=O) groups is 1. The van der Waals surface area contributed by atoms with Crippen molar-refractivity contribution in [3.8, 4) is 11.5 Å². The second kappa shape index (κ2) is 8.69. The highest BCUT2D eigenvalue weighted by Gasteiger charge is 2.23. The van der Waals surface area contributed by atoms with Gasteiger partial charge in [0.25, 0.3) is 0 Å². The molecular formula is C23H26N4O3. The number of aromatic nitrogens is 1. The molecule has 2 aromatic carbocycles. The molecule has 1 aliphatic rings. The van der Waals surface area contributed by atoms with Crippen LogP contribution in [0, 0.1) is 0 Å². The third-order valence-electron chi connectivity index (χ3n) is 5.01. The molecule has 1 aromatic heterocycles. The lowest BCUT2D eigenvalue weighted by atomic mass is 10.1. The van der Waals surface area contributed by atoms with Crippen LogP contribution in [0.1, 0.15) is 13.8 Å². The molecule has 1 amide bonds. The van der Waals surface area contributed by atoms with Crippen LogP contribution in [0.2, 0.25) is 0 Å². The normalized spacial score (nSPS) is 19.5. The van der Waals surface area contributed by atoms with E-state index in [0.29, 0.717) is 29.5 Å². The number of nitrogen functional groups attached to an aromatic ring is 1. The van der Waals surface area contributed by atoms with E-state index in [-0.39, 0.29) is 18.1 Å². The molecule has 2 atom stereocenters. The van der Waals surface area contributed by atoms with Crippen LogP contribution in [0.15, 0.2) is 54.7 Å². The summed E-state index contributed by atoms with van der Waals surface area (Å²) in [4.78, 5) is 18.8. The van der Waals surface area contributed by atoms with E-state index in [1.165, 1.54) is 0 Å². The van der Waals surface area contributed by atoms with Crippen LogP contribution >= 0.6 is 0 Å². The highest BCUT2D eigenvalue weighted by Crippen LogP contribution is 2.33. The second-order valence-electron chi connectivity index (χ2n) is 7.68. The SMILES string of the molecule is CC1CN(CC(=O)Nc2cc(Oc3ccc(N)c4ccccc34)ccn2)CC(C)O1. The summed E-state index contributed by atoms with van der Waals surface area (Å²) in [6.45, 7) is 5.80. The van der Waals surface area contributed by atoms with Gasteiger partial charge in [0.1, 0.15) is 17.3 Å². The Balaban J connectivity index is 1.45. The molecule has 2 unspecified atom stereocenters. The monoisotopic (exact) mass is 406 g/mol. The van der Waals surface area contributed by atoms with Gasteiger partial charge in [0.15, 0.2) is 0 Å². The third-order valence-corrected chi connectivity index (χ3v) is 5.01. The van der Waals surface area contributed by atoms with Crippen LogP contribution < -0.4 is 15.8 Å². The molecule has 30 heavy (non-hydrogen) atoms. The van der Waals surface area contributed by atoms with Gasteiger partial charge in [-0.05, 0) is 32.0 Å². The topological polar surface area (TPSA) is 89.7 Å². The van der Waals surface area contributed by atoms with Crippen LogP contribution in [-0.4, -0.2) is 47.6 Å². The summed E-state index contributed by atoms with van der Waals surface area (Å²) in [5.41, 5.74) is 6.77. The minimum atomic E-state index is -0.112. The van der Waals surface area contributed by atoms with Gasteiger partial charge in [0.05, 0.1) is 18.8 Å². The van der Waals surface area contributed by atoms with Gasteiger partial charge in [0, 0.05) is 41.8 Å². The molecule has 0 radical (unpaired) electrons. The average Bonchev–Trinajstić information content (AvgIpc) is 2.70. The van der Waals surface area contributed by atoms with E-state index in [0.717, 1.165) is 23.9 Å². The minimum Gasteiger partial charge on any atom is -0.457 e. The van der Waals surface area contributed by atoms with Crippen LogP contribution in [0.4, 0.5) is 11.5 Å². The maximum atomic E-state index is 12.5. The smallest absolute Gasteiger partial charge is 0.239 e. The fourth-order valence-corrected chi connectivity index (χ4v) is 3.85. The number of nitrogens with two attached hydrogens (primary N) is 1. The summed E-state index contributed by atoms with van der Waals surface area (Å²) in [5.74, 6) is 1.62. The summed E-state index contributed by atoms with van der Waals surface area (Å²) >= 11 is 0. The molecule has 1 fully saturated rings. The number of rotatable bonds is 5. The lowest BCUT2D eigenvalue weighted by Gasteiger charge is -2.34. The Kier molecular flexibility index (Phi) is 5.83. The molecule has 7 heteroatoms. The molecule has 0 spiro atoms. The van der Waals surface area contributed by atoms with Crippen molar-refractivity contribution in [2.45, 2.75) is 26.1 Å². The number of morpholine rings is 1. The number of fused-ring (bicyclic) bond motifs is 1. The van der Waals surface area contributed by atoms with Crippen molar-refractivity contribution in [1.29, 1.82) is 0 Å². The minimum absolute atomic E-state index is 0.112. The second-order valence-corrected chi connectivity index (χ2v) is 7.68. The Morgan fingerprint density at radius 3 is 2.67 bits per heavy atom. The van der Waals surface area contributed by atoms with Crippen molar-refractivity contribution in [1.82, 2.24) is 9.88 Å². The van der Waals surface area contributed by atoms with Crippen LogP contribution in [0.5, 0.6) is 11.5 Å². The quantitative estimate of drug-likeness (QED) is 0.629. The Hall–Kier alpha value is -3.16. The van der Waals surface area contributed by atoms with E-state index in [4.69, 9.17) is 15.2 Å². The first-order valence-corrected chi connectivity index (χ1v) is 10.1. The number of benzene rings is 2. The first kappa shape index (κ1) is 20.1. The number of pyridine rings is 1. The molecule has 4 rings (SSSR count). The fraction of sp³-hybridized carbons (Fsp3) is 0.304. The van der Waals surface area contributed by atoms with E-state index in [9.17, 15) is 4.79 Å². The molecule has 0 bridgehead atoms. The summed E-state index contributed by atoms with van der Waals surface area (Å²) in [7, 11) is 0. The number of amides is 1. The van der Waals surface area contributed by atoms with Gasteiger partial charge in [-0.25, -0.2) is 4.98 Å². The van der Waals surface area contributed by atoms with E-state index in [1.54, 1.807) is 18.3 Å². The van der Waals surface area contributed by atoms with Crippen molar-refractivity contribution in [2.24, 2.45) is 0 Å². The number of carbonyl (C=O) groups excluding carboxylic acids is 1. The van der Waals surface area contributed by atoms with E-state index in [2.05, 4.69) is 15.2 Å². The van der Waals surface area contributed by atoms with Crippen molar-refractivity contribution >= 4 is 28.2 Å². The predicted octanol–water partition coefficient (Wildman–Crippen LogP) is 3.66. The van der Waals surface area contributed by atoms with Crippen LogP contribution in [0.25, 0.3) is 10.8 Å². The predicted molar refractivity (Wildman–Crippen MR) is 118 cm³/mol. The van der Waals surface area contributed by atoms with Gasteiger partial charge in [0.2, 0.25) is 5.91 Å². The van der Waals surface area contributed by atoms with Gasteiger partial charge in [-0.15, -0.1) is 0 Å². The molecule has 1 saturated heterocycles. The maximum absolute atomic E-state index is 12.5. The van der Waals surface area contributed by atoms with Crippen LogP contribution in [-0.2, 0) is 9.53 Å². The lowest BCUT2D eigenvalue weighted by molar-refractivity contribution is -0.121. The number of nitrogens with one attached hydrogen (secondary N) is 1. The van der Waals surface area contributed by atoms with Gasteiger partial charge >= 0.3 is 0 Å². The maximum Gasteiger partial charge on any atom is 0.239 e. The summed E-state index contributed by atoms with van der Waals surface area (Å²) in [5, 5.41) is 4.72. The standard InChI is InChI=1S/C23H26N4O3/c1-15-12-27(13-16(2)29-15)14-23(28)26-22-11-17(9-10-25-22)30-21-8-7-20(24)18-5-3-4-6-19(18)21/h3-11,15-16H,12-14,24H2,1-2H3,(H,25,26,28). The van der Waals surface area contributed by atoms with Crippen molar-refractivity contribution < 1.29 is 14.3 Å². The molecular weight excluding hydrogens is 380 g/mol. The average molecular weight is 406 g/mol. The van der Waals surface area contributed by atoms with E-state index in [1.807, 2.05) is 50.2 Å². The zero-order valence-corrected chi connectivity index (χ0v) is 17.2. The molecule has 3 aromatic rings. The van der Waals surface area contributed by atoms with Gasteiger partial charge < -0.3 is 20.5 Å². The number of hydrogen-bond donors (Lipinski definition) is 2. The molecule has 2 heterocycles. The molecule has 7 nitrogen and oxygen atoms in total. The highest BCUT2D eigenvalue weighted by atomic mass is 16.5. The lowest BCUT2D eigenvalue weighted by Crippen LogP contribution is -2.48. The number of anilines is 2. The third kappa shape index (κ3) is 4.69. The summed E-state index contributed by atoms with van der Waals surface area (Å²) in [6, 6.07) is 15.0. The highest BCUT2D eigenvalue weighted by molar-refractivity contribution is 5.97. The van der Waals surface area contributed by atoms with E-state index < -0.39 is 0 Å².